The van der Waals surface area contributed by atoms with Gasteiger partial charge in [0.1, 0.15) is 5.60 Å². The van der Waals surface area contributed by atoms with Crippen molar-refractivity contribution < 1.29 is 9.53 Å². The Morgan fingerprint density at radius 3 is 2.70 bits per heavy atom. The number of carbonyl (C=O) groups excluding carboxylic acids is 1. The van der Waals surface area contributed by atoms with Gasteiger partial charge in [-0.25, -0.2) is 4.79 Å². The molecule has 0 saturated carbocycles. The Morgan fingerprint density at radius 2 is 2.04 bits per heavy atom. The van der Waals surface area contributed by atoms with Gasteiger partial charge < -0.3 is 15.8 Å². The van der Waals surface area contributed by atoms with Gasteiger partial charge in [-0.2, -0.15) is 5.10 Å². The highest BCUT2D eigenvalue weighted by Crippen LogP contribution is 2.21. The summed E-state index contributed by atoms with van der Waals surface area (Å²) in [4.78, 5) is 11.6. The van der Waals surface area contributed by atoms with Crippen molar-refractivity contribution in [3.05, 3.63) is 42.1 Å². The number of H-pyrrole nitrogens is 1. The predicted octanol–water partition coefficient (Wildman–Crippen LogP) is 2.47. The fraction of sp³-hybridized carbons (Fsp3) is 0.412. The Bertz CT molecular complexity index is 632. The van der Waals surface area contributed by atoms with E-state index in [1.807, 2.05) is 51.1 Å². The number of nitrogens with one attached hydrogen (secondary N) is 2. The highest BCUT2D eigenvalue weighted by molar-refractivity contribution is 5.67. The number of nitrogens with two attached hydrogens (primary N) is 1. The minimum atomic E-state index is -0.515. The van der Waals surface area contributed by atoms with E-state index in [1.54, 1.807) is 6.20 Å². The molecule has 2 aromatic rings. The number of aromatic nitrogens is 2. The SMILES string of the molecule is CC(C)(C)OC(=O)NCC(N)Cc1cn[nH]c1-c1ccccc1. The minimum Gasteiger partial charge on any atom is -0.444 e. The van der Waals surface area contributed by atoms with E-state index in [-0.39, 0.29) is 6.04 Å². The molecule has 23 heavy (non-hydrogen) atoms. The second-order valence-electron chi connectivity index (χ2n) is 6.48. The normalized spacial score (nSPS) is 12.7. The molecule has 0 aliphatic carbocycles. The van der Waals surface area contributed by atoms with Gasteiger partial charge in [0.2, 0.25) is 0 Å². The number of ether oxygens (including phenoxy) is 1. The van der Waals surface area contributed by atoms with Crippen LogP contribution in [0.5, 0.6) is 0 Å². The number of nitrogens with zero attached hydrogens (tertiary/aromatic N) is 1. The van der Waals surface area contributed by atoms with E-state index in [0.717, 1.165) is 16.8 Å². The van der Waals surface area contributed by atoms with Crippen LogP contribution in [0, 0.1) is 0 Å². The van der Waals surface area contributed by atoms with Gasteiger partial charge in [0.15, 0.2) is 0 Å². The van der Waals surface area contributed by atoms with Gasteiger partial charge in [-0.15, -0.1) is 0 Å². The first-order valence-corrected chi connectivity index (χ1v) is 7.65. The molecule has 1 aromatic carbocycles. The number of benzene rings is 1. The number of rotatable bonds is 5. The molecule has 0 saturated heterocycles. The maximum absolute atomic E-state index is 11.6. The van der Waals surface area contributed by atoms with Crippen LogP contribution in [0.25, 0.3) is 11.3 Å². The van der Waals surface area contributed by atoms with E-state index in [0.29, 0.717) is 13.0 Å². The monoisotopic (exact) mass is 316 g/mol. The van der Waals surface area contributed by atoms with Gasteiger partial charge in [0, 0.05) is 12.6 Å². The maximum Gasteiger partial charge on any atom is 0.407 e. The summed E-state index contributed by atoms with van der Waals surface area (Å²) >= 11 is 0. The lowest BCUT2D eigenvalue weighted by molar-refractivity contribution is 0.0524. The average Bonchev–Trinajstić information content (AvgIpc) is 2.92. The third-order valence-electron chi connectivity index (χ3n) is 3.17. The average molecular weight is 316 g/mol. The second-order valence-corrected chi connectivity index (χ2v) is 6.48. The smallest absolute Gasteiger partial charge is 0.407 e. The second kappa shape index (κ2) is 7.28. The largest absolute Gasteiger partial charge is 0.444 e. The van der Waals surface area contributed by atoms with E-state index in [1.165, 1.54) is 0 Å². The van der Waals surface area contributed by atoms with Gasteiger partial charge >= 0.3 is 6.09 Å². The molecule has 6 nitrogen and oxygen atoms in total. The van der Waals surface area contributed by atoms with Crippen LogP contribution in [-0.2, 0) is 11.2 Å². The molecule has 0 spiro atoms. The highest BCUT2D eigenvalue weighted by atomic mass is 16.6. The molecule has 0 fully saturated rings. The zero-order valence-corrected chi connectivity index (χ0v) is 13.8. The van der Waals surface area contributed by atoms with Crippen molar-refractivity contribution in [1.29, 1.82) is 0 Å². The van der Waals surface area contributed by atoms with Crippen LogP contribution in [0.3, 0.4) is 0 Å². The Labute approximate surface area is 136 Å². The standard InChI is InChI=1S/C17H24N4O2/c1-17(2,3)23-16(22)19-11-14(18)9-13-10-20-21-15(13)12-7-5-4-6-8-12/h4-8,10,14H,9,11,18H2,1-3H3,(H,19,22)(H,20,21). The number of alkyl carbamates (subject to hydrolysis) is 1. The molecule has 4 N–H and O–H groups in total. The molecule has 0 aliphatic rings. The van der Waals surface area contributed by atoms with Crippen LogP contribution in [0.4, 0.5) is 4.79 Å². The fourth-order valence-corrected chi connectivity index (χ4v) is 2.20. The first-order chi connectivity index (χ1) is 10.8. The Hall–Kier alpha value is -2.34. The van der Waals surface area contributed by atoms with Gasteiger partial charge in [0.05, 0.1) is 11.9 Å². The molecule has 1 heterocycles. The molecule has 0 radical (unpaired) electrons. The topological polar surface area (TPSA) is 93.0 Å². The third-order valence-corrected chi connectivity index (χ3v) is 3.17. The van der Waals surface area contributed by atoms with Crippen LogP contribution < -0.4 is 11.1 Å². The van der Waals surface area contributed by atoms with Crippen LogP contribution in [-0.4, -0.2) is 34.5 Å². The Kier molecular flexibility index (Phi) is 5.39. The molecule has 1 atom stereocenters. The number of carbonyl (C=O) groups is 1. The summed E-state index contributed by atoms with van der Waals surface area (Å²) in [6.45, 7) is 5.81. The van der Waals surface area contributed by atoms with Crippen molar-refractivity contribution >= 4 is 6.09 Å². The van der Waals surface area contributed by atoms with E-state index < -0.39 is 11.7 Å². The summed E-state index contributed by atoms with van der Waals surface area (Å²) in [7, 11) is 0. The van der Waals surface area contributed by atoms with Crippen LogP contribution >= 0.6 is 0 Å². The number of hydrogen-bond donors (Lipinski definition) is 3. The first-order valence-electron chi connectivity index (χ1n) is 7.65. The molecule has 1 unspecified atom stereocenters. The molecule has 0 aliphatic heterocycles. The van der Waals surface area contributed by atoms with E-state index in [4.69, 9.17) is 10.5 Å². The zero-order chi connectivity index (χ0) is 16.9. The number of hydrogen-bond acceptors (Lipinski definition) is 4. The molecule has 124 valence electrons. The van der Waals surface area contributed by atoms with Crippen LogP contribution in [0.15, 0.2) is 36.5 Å². The van der Waals surface area contributed by atoms with Gasteiger partial charge in [-0.1, -0.05) is 30.3 Å². The van der Waals surface area contributed by atoms with Crippen LogP contribution in [0.1, 0.15) is 26.3 Å². The van der Waals surface area contributed by atoms with Crippen molar-refractivity contribution in [1.82, 2.24) is 15.5 Å². The van der Waals surface area contributed by atoms with Crippen molar-refractivity contribution in [3.63, 3.8) is 0 Å². The van der Waals surface area contributed by atoms with Gasteiger partial charge in [-0.05, 0) is 38.3 Å². The summed E-state index contributed by atoms with van der Waals surface area (Å²) in [6.07, 6.45) is 1.93. The van der Waals surface area contributed by atoms with Crippen molar-refractivity contribution in [2.24, 2.45) is 5.73 Å². The molecule has 6 heteroatoms. The summed E-state index contributed by atoms with van der Waals surface area (Å²) in [6, 6.07) is 9.73. The summed E-state index contributed by atoms with van der Waals surface area (Å²) in [5.41, 5.74) is 8.64. The Balaban J connectivity index is 1.91. The lowest BCUT2D eigenvalue weighted by Gasteiger charge is -2.20. The zero-order valence-electron chi connectivity index (χ0n) is 13.8. The number of aromatic amines is 1. The van der Waals surface area contributed by atoms with Crippen molar-refractivity contribution in [2.75, 3.05) is 6.54 Å². The lowest BCUT2D eigenvalue weighted by Crippen LogP contribution is -2.41. The highest BCUT2D eigenvalue weighted by Gasteiger charge is 2.17. The van der Waals surface area contributed by atoms with Gasteiger partial charge in [-0.3, -0.25) is 5.10 Å². The fourth-order valence-electron chi connectivity index (χ4n) is 2.20. The van der Waals surface area contributed by atoms with E-state index >= 15 is 0 Å². The van der Waals surface area contributed by atoms with Crippen molar-refractivity contribution in [2.45, 2.75) is 38.8 Å². The third kappa shape index (κ3) is 5.41. The quantitative estimate of drug-likeness (QED) is 0.790. The Morgan fingerprint density at radius 1 is 1.35 bits per heavy atom. The minimum absolute atomic E-state index is 0.220. The lowest BCUT2D eigenvalue weighted by atomic mass is 10.0. The summed E-state index contributed by atoms with van der Waals surface area (Å²) in [5, 5.41) is 9.80. The predicted molar refractivity (Wildman–Crippen MR) is 89.9 cm³/mol. The molecule has 1 aromatic heterocycles. The maximum atomic E-state index is 11.6. The van der Waals surface area contributed by atoms with E-state index in [9.17, 15) is 4.79 Å². The van der Waals surface area contributed by atoms with Gasteiger partial charge in [0.25, 0.3) is 0 Å². The molecule has 1 amide bonds. The molecule has 2 rings (SSSR count). The van der Waals surface area contributed by atoms with E-state index in [2.05, 4.69) is 15.5 Å². The van der Waals surface area contributed by atoms with Crippen LogP contribution in [0.2, 0.25) is 0 Å². The number of amides is 1. The summed E-state index contributed by atoms with van der Waals surface area (Å²) in [5.74, 6) is 0. The van der Waals surface area contributed by atoms with Crippen molar-refractivity contribution in [3.8, 4) is 11.3 Å². The molecular weight excluding hydrogens is 292 g/mol. The first kappa shape index (κ1) is 17.0. The summed E-state index contributed by atoms with van der Waals surface area (Å²) < 4.78 is 5.19. The molecular formula is C17H24N4O2. The molecule has 0 bridgehead atoms.